The molecular formula is C25H21ClN2O2. The quantitative estimate of drug-likeness (QED) is 0.391. The molecule has 4 nitrogen and oxygen atoms in total. The number of nitriles is 1. The molecular weight excluding hydrogens is 396 g/mol. The third-order valence-electron chi connectivity index (χ3n) is 4.52. The van der Waals surface area contributed by atoms with Crippen LogP contribution >= 0.6 is 11.6 Å². The zero-order valence-electron chi connectivity index (χ0n) is 16.8. The van der Waals surface area contributed by atoms with E-state index in [0.717, 1.165) is 16.7 Å². The Kier molecular flexibility index (Phi) is 6.90. The van der Waals surface area contributed by atoms with Gasteiger partial charge in [-0.2, -0.15) is 5.26 Å². The van der Waals surface area contributed by atoms with Crippen molar-refractivity contribution in [3.8, 4) is 11.8 Å². The molecule has 0 atom stereocenters. The number of halogens is 1. The van der Waals surface area contributed by atoms with Crippen LogP contribution in [0.3, 0.4) is 0 Å². The van der Waals surface area contributed by atoms with Crippen molar-refractivity contribution in [2.75, 3.05) is 5.32 Å². The van der Waals surface area contributed by atoms with E-state index in [9.17, 15) is 10.1 Å². The van der Waals surface area contributed by atoms with Gasteiger partial charge in [-0.25, -0.2) is 0 Å². The number of hydrogen-bond acceptors (Lipinski definition) is 3. The lowest BCUT2D eigenvalue weighted by molar-refractivity contribution is -0.112. The number of ether oxygens (including phenoxy) is 1. The predicted octanol–water partition coefficient (Wildman–Crippen LogP) is 6.08. The van der Waals surface area contributed by atoms with E-state index in [1.807, 2.05) is 68.4 Å². The molecule has 0 spiro atoms. The van der Waals surface area contributed by atoms with Gasteiger partial charge >= 0.3 is 0 Å². The standard InChI is InChI=1S/C25H21ClN2O2/c1-17-8-9-18(2)23(12-17)28-25(29)21(15-27)13-20-14-22(26)10-11-24(20)30-16-19-6-4-3-5-7-19/h3-14H,16H2,1-2H3,(H,28,29)/b21-13+. The summed E-state index contributed by atoms with van der Waals surface area (Å²) in [4.78, 5) is 12.7. The van der Waals surface area contributed by atoms with Crippen LogP contribution in [-0.2, 0) is 11.4 Å². The molecule has 1 amide bonds. The van der Waals surface area contributed by atoms with Gasteiger partial charge in [-0.3, -0.25) is 4.79 Å². The molecule has 0 bridgehead atoms. The first kappa shape index (κ1) is 21.2. The van der Waals surface area contributed by atoms with Crippen LogP contribution in [0.2, 0.25) is 5.02 Å². The lowest BCUT2D eigenvalue weighted by Crippen LogP contribution is -2.14. The van der Waals surface area contributed by atoms with Gasteiger partial charge in [0, 0.05) is 16.3 Å². The molecule has 150 valence electrons. The number of anilines is 1. The summed E-state index contributed by atoms with van der Waals surface area (Å²) in [5.74, 6) is 0.0516. The Morgan fingerprint density at radius 1 is 1.10 bits per heavy atom. The Hall–Kier alpha value is -3.55. The SMILES string of the molecule is Cc1ccc(C)c(NC(=O)/C(C#N)=C/c2cc(Cl)ccc2OCc2ccccc2)c1. The lowest BCUT2D eigenvalue weighted by atomic mass is 10.1. The first-order valence-corrected chi connectivity index (χ1v) is 9.81. The smallest absolute Gasteiger partial charge is 0.266 e. The number of carbonyl (C=O) groups is 1. The normalized spacial score (nSPS) is 10.9. The Labute approximate surface area is 181 Å². The summed E-state index contributed by atoms with van der Waals surface area (Å²) < 4.78 is 5.91. The molecule has 3 aromatic rings. The molecule has 0 unspecified atom stereocenters. The van der Waals surface area contributed by atoms with Crippen molar-refractivity contribution < 1.29 is 9.53 Å². The average molecular weight is 417 g/mol. The largest absolute Gasteiger partial charge is 0.488 e. The maximum Gasteiger partial charge on any atom is 0.266 e. The molecule has 0 aromatic heterocycles. The molecule has 3 rings (SSSR count). The van der Waals surface area contributed by atoms with Crippen LogP contribution in [0.25, 0.3) is 6.08 Å². The highest BCUT2D eigenvalue weighted by Gasteiger charge is 2.13. The van der Waals surface area contributed by atoms with E-state index in [1.54, 1.807) is 18.2 Å². The van der Waals surface area contributed by atoms with Crippen LogP contribution in [-0.4, -0.2) is 5.91 Å². The molecule has 0 saturated carbocycles. The molecule has 0 fully saturated rings. The summed E-state index contributed by atoms with van der Waals surface area (Å²) in [5, 5.41) is 12.9. The van der Waals surface area contributed by atoms with Crippen molar-refractivity contribution in [2.24, 2.45) is 0 Å². The first-order valence-electron chi connectivity index (χ1n) is 9.43. The molecule has 3 aromatic carbocycles. The highest BCUT2D eigenvalue weighted by atomic mass is 35.5. The number of aryl methyl sites for hydroxylation is 2. The Balaban J connectivity index is 1.85. The van der Waals surface area contributed by atoms with Gasteiger partial charge in [-0.1, -0.05) is 54.1 Å². The zero-order valence-corrected chi connectivity index (χ0v) is 17.5. The van der Waals surface area contributed by atoms with E-state index >= 15 is 0 Å². The van der Waals surface area contributed by atoms with Crippen LogP contribution < -0.4 is 10.1 Å². The fourth-order valence-electron chi connectivity index (χ4n) is 2.86. The van der Waals surface area contributed by atoms with Gasteiger partial charge < -0.3 is 10.1 Å². The molecule has 0 aliphatic heterocycles. The third kappa shape index (κ3) is 5.50. The first-order chi connectivity index (χ1) is 14.5. The lowest BCUT2D eigenvalue weighted by Gasteiger charge is -2.11. The molecule has 1 N–H and O–H groups in total. The van der Waals surface area contributed by atoms with E-state index in [4.69, 9.17) is 16.3 Å². The van der Waals surface area contributed by atoms with Gasteiger partial charge in [0.1, 0.15) is 24.0 Å². The molecule has 0 aliphatic rings. The monoisotopic (exact) mass is 416 g/mol. The Morgan fingerprint density at radius 3 is 2.60 bits per heavy atom. The van der Waals surface area contributed by atoms with Crippen molar-refractivity contribution in [1.29, 1.82) is 5.26 Å². The zero-order chi connectivity index (χ0) is 21.5. The number of carbonyl (C=O) groups excluding carboxylic acids is 1. The molecule has 5 heteroatoms. The molecule has 0 radical (unpaired) electrons. The maximum atomic E-state index is 12.7. The van der Waals surface area contributed by atoms with Gasteiger partial charge in [-0.05, 0) is 60.9 Å². The van der Waals surface area contributed by atoms with Crippen molar-refractivity contribution in [3.63, 3.8) is 0 Å². The van der Waals surface area contributed by atoms with Crippen molar-refractivity contribution in [2.45, 2.75) is 20.5 Å². The molecule has 0 saturated heterocycles. The number of hydrogen-bond donors (Lipinski definition) is 1. The Morgan fingerprint density at radius 2 is 1.87 bits per heavy atom. The van der Waals surface area contributed by atoms with Gasteiger partial charge in [0.2, 0.25) is 0 Å². The summed E-state index contributed by atoms with van der Waals surface area (Å²) >= 11 is 6.14. The van der Waals surface area contributed by atoms with Crippen LogP contribution in [0.15, 0.2) is 72.3 Å². The van der Waals surface area contributed by atoms with Crippen molar-refractivity contribution in [3.05, 3.63) is 99.6 Å². The van der Waals surface area contributed by atoms with Crippen molar-refractivity contribution >= 4 is 29.3 Å². The third-order valence-corrected chi connectivity index (χ3v) is 4.75. The maximum absolute atomic E-state index is 12.7. The van der Waals surface area contributed by atoms with Crippen LogP contribution in [0.4, 0.5) is 5.69 Å². The minimum Gasteiger partial charge on any atom is -0.488 e. The number of nitrogens with zero attached hydrogens (tertiary/aromatic N) is 1. The fourth-order valence-corrected chi connectivity index (χ4v) is 3.04. The van der Waals surface area contributed by atoms with Crippen molar-refractivity contribution in [1.82, 2.24) is 0 Å². The molecule has 30 heavy (non-hydrogen) atoms. The van der Waals surface area contributed by atoms with Gasteiger partial charge in [0.25, 0.3) is 5.91 Å². The summed E-state index contributed by atoms with van der Waals surface area (Å²) in [6, 6.07) is 22.6. The van der Waals surface area contributed by atoms with E-state index in [1.165, 1.54) is 6.08 Å². The van der Waals surface area contributed by atoms with E-state index in [0.29, 0.717) is 28.6 Å². The van der Waals surface area contributed by atoms with E-state index in [-0.39, 0.29) is 5.57 Å². The van der Waals surface area contributed by atoms with E-state index in [2.05, 4.69) is 5.32 Å². The number of nitrogens with one attached hydrogen (secondary N) is 1. The summed E-state index contributed by atoms with van der Waals surface area (Å²) in [6.07, 6.45) is 1.49. The fraction of sp³-hybridized carbons (Fsp3) is 0.120. The minimum absolute atomic E-state index is 0.0391. The second kappa shape index (κ2) is 9.78. The number of rotatable bonds is 6. The van der Waals surface area contributed by atoms with E-state index < -0.39 is 5.91 Å². The number of benzene rings is 3. The average Bonchev–Trinajstić information content (AvgIpc) is 2.74. The van der Waals surface area contributed by atoms with Gasteiger partial charge in [0.05, 0.1) is 0 Å². The summed E-state index contributed by atoms with van der Waals surface area (Å²) in [7, 11) is 0. The van der Waals surface area contributed by atoms with Gasteiger partial charge in [-0.15, -0.1) is 0 Å². The van der Waals surface area contributed by atoms with Crippen LogP contribution in [0.1, 0.15) is 22.3 Å². The summed E-state index contributed by atoms with van der Waals surface area (Å²) in [5.41, 5.74) is 4.14. The second-order valence-corrected chi connectivity index (χ2v) is 7.34. The minimum atomic E-state index is -0.486. The molecule has 0 aliphatic carbocycles. The number of amides is 1. The highest BCUT2D eigenvalue weighted by Crippen LogP contribution is 2.27. The second-order valence-electron chi connectivity index (χ2n) is 6.90. The van der Waals surface area contributed by atoms with Crippen LogP contribution in [0, 0.1) is 25.2 Å². The Bertz CT molecular complexity index is 1130. The topological polar surface area (TPSA) is 62.1 Å². The highest BCUT2D eigenvalue weighted by molar-refractivity contribution is 6.30. The molecule has 0 heterocycles. The van der Waals surface area contributed by atoms with Crippen LogP contribution in [0.5, 0.6) is 5.75 Å². The predicted molar refractivity (Wildman–Crippen MR) is 120 cm³/mol. The summed E-state index contributed by atoms with van der Waals surface area (Å²) in [6.45, 7) is 4.20. The van der Waals surface area contributed by atoms with Gasteiger partial charge in [0.15, 0.2) is 0 Å².